The van der Waals surface area contributed by atoms with E-state index in [9.17, 15) is 0 Å². The van der Waals surface area contributed by atoms with Crippen molar-refractivity contribution in [2.24, 2.45) is 17.6 Å². The maximum atomic E-state index is 6.06. The monoisotopic (exact) mass is 185 g/mol. The molecule has 0 spiro atoms. The lowest BCUT2D eigenvalue weighted by atomic mass is 9.85. The van der Waals surface area contributed by atoms with Gasteiger partial charge in [-0.05, 0) is 24.7 Å². The summed E-state index contributed by atoms with van der Waals surface area (Å²) < 4.78 is 5.46. The molecule has 0 aliphatic carbocycles. The molecule has 2 N–H and O–H groups in total. The predicted molar refractivity (Wildman–Crippen MR) is 55.6 cm³/mol. The highest BCUT2D eigenvalue weighted by Crippen LogP contribution is 2.24. The van der Waals surface area contributed by atoms with Crippen molar-refractivity contribution in [3.8, 4) is 0 Å². The number of hydrogen-bond donors (Lipinski definition) is 1. The van der Waals surface area contributed by atoms with Gasteiger partial charge in [-0.25, -0.2) is 0 Å². The zero-order valence-electron chi connectivity index (χ0n) is 8.96. The van der Waals surface area contributed by atoms with E-state index in [1.54, 1.807) is 0 Å². The Balaban J connectivity index is 2.32. The van der Waals surface area contributed by atoms with Crippen LogP contribution in [0, 0.1) is 11.8 Å². The Hall–Kier alpha value is -0.0800. The maximum Gasteiger partial charge on any atom is 0.0509 e. The Morgan fingerprint density at radius 3 is 2.62 bits per heavy atom. The fraction of sp³-hybridized carbons (Fsp3) is 1.00. The standard InChI is InChI=1S/C11H23NO/c1-3-9(4-2)7-10-8-13-6-5-11(10)12/h9-11H,3-8,12H2,1-2H3. The van der Waals surface area contributed by atoms with Crippen LogP contribution in [0.3, 0.4) is 0 Å². The first-order valence-corrected chi connectivity index (χ1v) is 5.61. The van der Waals surface area contributed by atoms with Gasteiger partial charge in [-0.2, -0.15) is 0 Å². The molecule has 78 valence electrons. The molecule has 0 aromatic carbocycles. The molecule has 0 bridgehead atoms. The summed E-state index contributed by atoms with van der Waals surface area (Å²) in [5.74, 6) is 1.45. The van der Waals surface area contributed by atoms with Crippen LogP contribution in [0.4, 0.5) is 0 Å². The highest BCUT2D eigenvalue weighted by atomic mass is 16.5. The van der Waals surface area contributed by atoms with Crippen LogP contribution in [-0.4, -0.2) is 19.3 Å². The summed E-state index contributed by atoms with van der Waals surface area (Å²) in [6.45, 7) is 6.28. The second kappa shape index (κ2) is 5.61. The van der Waals surface area contributed by atoms with Crippen molar-refractivity contribution in [1.29, 1.82) is 0 Å². The first-order valence-electron chi connectivity index (χ1n) is 5.61. The number of nitrogens with two attached hydrogens (primary N) is 1. The highest BCUT2D eigenvalue weighted by Gasteiger charge is 2.24. The van der Waals surface area contributed by atoms with E-state index in [1.165, 1.54) is 19.3 Å². The summed E-state index contributed by atoms with van der Waals surface area (Å²) >= 11 is 0. The molecule has 0 aromatic heterocycles. The molecular weight excluding hydrogens is 162 g/mol. The summed E-state index contributed by atoms with van der Waals surface area (Å²) in [6, 6.07) is 0.384. The Morgan fingerprint density at radius 2 is 2.08 bits per heavy atom. The van der Waals surface area contributed by atoms with Gasteiger partial charge in [-0.1, -0.05) is 26.7 Å². The van der Waals surface area contributed by atoms with Gasteiger partial charge in [0, 0.05) is 12.6 Å². The predicted octanol–water partition coefficient (Wildman–Crippen LogP) is 2.18. The lowest BCUT2D eigenvalue weighted by Gasteiger charge is -2.31. The molecule has 1 heterocycles. The molecular formula is C11H23NO. The first kappa shape index (κ1) is 11.0. The van der Waals surface area contributed by atoms with Gasteiger partial charge in [0.05, 0.1) is 6.61 Å². The van der Waals surface area contributed by atoms with Gasteiger partial charge in [0.2, 0.25) is 0 Å². The maximum absolute atomic E-state index is 6.06. The van der Waals surface area contributed by atoms with Crippen LogP contribution in [0.2, 0.25) is 0 Å². The second-order valence-corrected chi connectivity index (χ2v) is 4.21. The molecule has 1 aliphatic rings. The van der Waals surface area contributed by atoms with E-state index < -0.39 is 0 Å². The average Bonchev–Trinajstić information content (AvgIpc) is 2.17. The van der Waals surface area contributed by atoms with Gasteiger partial charge in [0.15, 0.2) is 0 Å². The summed E-state index contributed by atoms with van der Waals surface area (Å²) in [5, 5.41) is 0. The Bertz CT molecular complexity index is 134. The quantitative estimate of drug-likeness (QED) is 0.728. The fourth-order valence-corrected chi connectivity index (χ4v) is 2.11. The normalized spacial score (nSPS) is 29.5. The Morgan fingerprint density at radius 1 is 1.38 bits per heavy atom. The smallest absolute Gasteiger partial charge is 0.0509 e. The van der Waals surface area contributed by atoms with Crippen LogP contribution >= 0.6 is 0 Å². The zero-order valence-corrected chi connectivity index (χ0v) is 8.96. The van der Waals surface area contributed by atoms with E-state index in [0.29, 0.717) is 12.0 Å². The van der Waals surface area contributed by atoms with Crippen molar-refractivity contribution in [1.82, 2.24) is 0 Å². The van der Waals surface area contributed by atoms with Crippen molar-refractivity contribution in [2.75, 3.05) is 13.2 Å². The topological polar surface area (TPSA) is 35.2 Å². The van der Waals surface area contributed by atoms with E-state index in [0.717, 1.165) is 25.6 Å². The van der Waals surface area contributed by atoms with Crippen LogP contribution in [0.1, 0.15) is 39.5 Å². The third-order valence-corrected chi connectivity index (χ3v) is 3.32. The average molecular weight is 185 g/mol. The Labute approximate surface area is 81.8 Å². The van der Waals surface area contributed by atoms with E-state index in [-0.39, 0.29) is 0 Å². The van der Waals surface area contributed by atoms with Crippen molar-refractivity contribution >= 4 is 0 Å². The minimum Gasteiger partial charge on any atom is -0.381 e. The minimum atomic E-state index is 0.384. The van der Waals surface area contributed by atoms with Crippen molar-refractivity contribution in [2.45, 2.75) is 45.6 Å². The summed E-state index contributed by atoms with van der Waals surface area (Å²) in [4.78, 5) is 0. The molecule has 0 radical (unpaired) electrons. The molecule has 1 rings (SSSR count). The largest absolute Gasteiger partial charge is 0.381 e. The molecule has 1 saturated heterocycles. The van der Waals surface area contributed by atoms with Gasteiger partial charge >= 0.3 is 0 Å². The summed E-state index contributed by atoms with van der Waals surface area (Å²) in [5.41, 5.74) is 6.06. The van der Waals surface area contributed by atoms with Gasteiger partial charge in [-0.15, -0.1) is 0 Å². The van der Waals surface area contributed by atoms with Crippen LogP contribution in [0.15, 0.2) is 0 Å². The molecule has 13 heavy (non-hydrogen) atoms. The molecule has 0 amide bonds. The molecule has 2 unspecified atom stereocenters. The van der Waals surface area contributed by atoms with Crippen LogP contribution in [0.5, 0.6) is 0 Å². The van der Waals surface area contributed by atoms with Crippen LogP contribution < -0.4 is 5.73 Å². The van der Waals surface area contributed by atoms with Gasteiger partial charge in [0.25, 0.3) is 0 Å². The van der Waals surface area contributed by atoms with Crippen molar-refractivity contribution in [3.63, 3.8) is 0 Å². The third-order valence-electron chi connectivity index (χ3n) is 3.32. The van der Waals surface area contributed by atoms with Gasteiger partial charge in [-0.3, -0.25) is 0 Å². The van der Waals surface area contributed by atoms with Crippen LogP contribution in [0.25, 0.3) is 0 Å². The number of hydrogen-bond acceptors (Lipinski definition) is 2. The van der Waals surface area contributed by atoms with Crippen molar-refractivity contribution < 1.29 is 4.74 Å². The zero-order chi connectivity index (χ0) is 9.68. The second-order valence-electron chi connectivity index (χ2n) is 4.21. The third kappa shape index (κ3) is 3.28. The van der Waals surface area contributed by atoms with E-state index >= 15 is 0 Å². The van der Waals surface area contributed by atoms with Crippen LogP contribution in [-0.2, 0) is 4.74 Å². The summed E-state index contributed by atoms with van der Waals surface area (Å²) in [6.07, 6.45) is 4.86. The molecule has 2 nitrogen and oxygen atoms in total. The van der Waals surface area contributed by atoms with Gasteiger partial charge in [0.1, 0.15) is 0 Å². The molecule has 2 heteroatoms. The molecule has 0 saturated carbocycles. The first-order chi connectivity index (χ1) is 6.27. The molecule has 0 aromatic rings. The lowest BCUT2D eigenvalue weighted by molar-refractivity contribution is 0.0317. The van der Waals surface area contributed by atoms with E-state index in [2.05, 4.69) is 13.8 Å². The molecule has 2 atom stereocenters. The summed E-state index contributed by atoms with van der Waals surface area (Å²) in [7, 11) is 0. The van der Waals surface area contributed by atoms with E-state index in [1.807, 2.05) is 0 Å². The lowest BCUT2D eigenvalue weighted by Crippen LogP contribution is -2.39. The fourth-order valence-electron chi connectivity index (χ4n) is 2.11. The SMILES string of the molecule is CCC(CC)CC1COCCC1N. The molecule has 1 aliphatic heterocycles. The Kier molecular flexibility index (Phi) is 4.74. The number of ether oxygens (including phenoxy) is 1. The minimum absolute atomic E-state index is 0.384. The van der Waals surface area contributed by atoms with Crippen molar-refractivity contribution in [3.05, 3.63) is 0 Å². The van der Waals surface area contributed by atoms with Gasteiger partial charge < -0.3 is 10.5 Å². The molecule has 1 fully saturated rings. The highest BCUT2D eigenvalue weighted by molar-refractivity contribution is 4.78. The number of rotatable bonds is 4. The van der Waals surface area contributed by atoms with E-state index in [4.69, 9.17) is 10.5 Å².